The highest BCUT2D eigenvalue weighted by atomic mass is 32.2. The van der Waals surface area contributed by atoms with Gasteiger partial charge >= 0.3 is 5.97 Å². The Hall–Kier alpha value is -2.80. The van der Waals surface area contributed by atoms with E-state index in [-0.39, 0.29) is 24.5 Å². The summed E-state index contributed by atoms with van der Waals surface area (Å²) in [6, 6.07) is 10.8. The van der Waals surface area contributed by atoms with Gasteiger partial charge in [0.25, 0.3) is 5.91 Å². The second-order valence-corrected chi connectivity index (χ2v) is 8.20. The van der Waals surface area contributed by atoms with E-state index < -0.39 is 5.97 Å². The molecule has 2 N–H and O–H groups in total. The minimum atomic E-state index is -0.606. The van der Waals surface area contributed by atoms with E-state index in [1.54, 1.807) is 30.0 Å². The van der Waals surface area contributed by atoms with Gasteiger partial charge in [-0.05, 0) is 55.7 Å². The van der Waals surface area contributed by atoms with Gasteiger partial charge in [-0.1, -0.05) is 18.2 Å². The molecular weight excluding hydrogens is 388 g/mol. The summed E-state index contributed by atoms with van der Waals surface area (Å²) in [6.45, 7) is 5.58. The lowest BCUT2D eigenvalue weighted by molar-refractivity contribution is -0.124. The second-order valence-electron chi connectivity index (χ2n) is 7.07. The van der Waals surface area contributed by atoms with Gasteiger partial charge in [-0.25, -0.2) is 4.79 Å². The smallest absolute Gasteiger partial charge is 0.338 e. The van der Waals surface area contributed by atoms with E-state index in [4.69, 9.17) is 4.74 Å². The van der Waals surface area contributed by atoms with Crippen LogP contribution in [-0.4, -0.2) is 30.1 Å². The average Bonchev–Trinajstić information content (AvgIpc) is 2.87. The number of thioether (sulfide) groups is 1. The molecule has 3 rings (SSSR count). The molecule has 0 bridgehead atoms. The molecule has 0 spiro atoms. The van der Waals surface area contributed by atoms with E-state index in [0.29, 0.717) is 23.4 Å². The maximum atomic E-state index is 12.3. The minimum absolute atomic E-state index is 0.0820. The van der Waals surface area contributed by atoms with Crippen LogP contribution in [0.25, 0.3) is 0 Å². The number of hydrogen-bond acceptors (Lipinski definition) is 5. The van der Waals surface area contributed by atoms with Crippen molar-refractivity contribution in [2.75, 3.05) is 17.7 Å². The summed E-state index contributed by atoms with van der Waals surface area (Å²) in [4.78, 5) is 37.1. The highest BCUT2D eigenvalue weighted by molar-refractivity contribution is 7.99. The summed E-state index contributed by atoms with van der Waals surface area (Å²) in [5.41, 5.74) is 4.23. The Balaban J connectivity index is 1.56. The molecule has 2 aromatic rings. The molecule has 6 nitrogen and oxygen atoms in total. The third-order valence-corrected chi connectivity index (χ3v) is 5.89. The fraction of sp³-hybridized carbons (Fsp3) is 0.318. The maximum Gasteiger partial charge on any atom is 0.338 e. The summed E-state index contributed by atoms with van der Waals surface area (Å²) < 4.78 is 5.15. The summed E-state index contributed by atoms with van der Waals surface area (Å²) in [5, 5.41) is 5.63. The molecule has 0 unspecified atom stereocenters. The Morgan fingerprint density at radius 1 is 1.17 bits per heavy atom. The molecular formula is C22H24N2O4S. The zero-order valence-electron chi connectivity index (χ0n) is 16.7. The number of esters is 1. The Morgan fingerprint density at radius 2 is 1.97 bits per heavy atom. The van der Waals surface area contributed by atoms with Crippen molar-refractivity contribution in [1.82, 2.24) is 5.32 Å². The van der Waals surface area contributed by atoms with Gasteiger partial charge in [0.1, 0.15) is 0 Å². The number of nitrogens with one attached hydrogen (secondary N) is 2. The average molecular weight is 413 g/mol. The second kappa shape index (κ2) is 9.13. The predicted octanol–water partition coefficient (Wildman–Crippen LogP) is 3.77. The van der Waals surface area contributed by atoms with Crippen molar-refractivity contribution in [3.05, 3.63) is 58.7 Å². The molecule has 7 heteroatoms. The number of fused-ring (bicyclic) bond motifs is 1. The van der Waals surface area contributed by atoms with Crippen LogP contribution in [0, 0.1) is 13.8 Å². The van der Waals surface area contributed by atoms with Crippen molar-refractivity contribution in [3.8, 4) is 0 Å². The first kappa shape index (κ1) is 20.9. The molecule has 1 heterocycles. The van der Waals surface area contributed by atoms with Gasteiger partial charge in [0, 0.05) is 17.1 Å². The van der Waals surface area contributed by atoms with Crippen molar-refractivity contribution in [2.45, 2.75) is 38.1 Å². The van der Waals surface area contributed by atoms with E-state index in [2.05, 4.69) is 10.6 Å². The van der Waals surface area contributed by atoms with Gasteiger partial charge in [-0.3, -0.25) is 9.59 Å². The number of carbonyl (C=O) groups excluding carboxylic acids is 3. The van der Waals surface area contributed by atoms with E-state index >= 15 is 0 Å². The van der Waals surface area contributed by atoms with Crippen LogP contribution in [0.3, 0.4) is 0 Å². The molecule has 1 aliphatic heterocycles. The first-order valence-electron chi connectivity index (χ1n) is 9.44. The molecule has 2 amide bonds. The van der Waals surface area contributed by atoms with Crippen molar-refractivity contribution < 1.29 is 19.1 Å². The Labute approximate surface area is 174 Å². The minimum Gasteiger partial charge on any atom is -0.452 e. The lowest BCUT2D eigenvalue weighted by Gasteiger charge is -2.16. The van der Waals surface area contributed by atoms with Gasteiger partial charge in [-0.2, -0.15) is 0 Å². The molecule has 0 radical (unpaired) electrons. The number of carbonyl (C=O) groups is 3. The van der Waals surface area contributed by atoms with E-state index in [1.165, 1.54) is 5.56 Å². The van der Waals surface area contributed by atoms with Crippen molar-refractivity contribution in [1.29, 1.82) is 0 Å². The highest BCUT2D eigenvalue weighted by Gasteiger charge is 2.18. The largest absolute Gasteiger partial charge is 0.452 e. The van der Waals surface area contributed by atoms with Gasteiger partial charge < -0.3 is 15.4 Å². The lowest BCUT2D eigenvalue weighted by Crippen LogP contribution is -2.31. The van der Waals surface area contributed by atoms with E-state index in [1.807, 2.05) is 39.0 Å². The molecule has 29 heavy (non-hydrogen) atoms. The quantitative estimate of drug-likeness (QED) is 0.731. The van der Waals surface area contributed by atoms with Gasteiger partial charge in [-0.15, -0.1) is 11.8 Å². The van der Waals surface area contributed by atoms with E-state index in [9.17, 15) is 14.4 Å². The first-order valence-corrected chi connectivity index (χ1v) is 10.4. The van der Waals surface area contributed by atoms with Gasteiger partial charge in [0.15, 0.2) is 6.61 Å². The maximum absolute atomic E-state index is 12.3. The number of aryl methyl sites for hydroxylation is 2. The fourth-order valence-corrected chi connectivity index (χ4v) is 3.90. The molecule has 1 aliphatic rings. The summed E-state index contributed by atoms with van der Waals surface area (Å²) >= 11 is 1.56. The number of ether oxygens (including phenoxy) is 1. The van der Waals surface area contributed by atoms with E-state index in [0.717, 1.165) is 16.0 Å². The van der Waals surface area contributed by atoms with Crippen LogP contribution in [-0.2, 0) is 14.3 Å². The number of hydrogen-bond donors (Lipinski definition) is 2. The Kier molecular flexibility index (Phi) is 6.59. The van der Waals surface area contributed by atoms with Crippen LogP contribution in [0.4, 0.5) is 5.69 Å². The topological polar surface area (TPSA) is 84.5 Å². The number of amides is 2. The first-order chi connectivity index (χ1) is 13.8. The molecule has 0 saturated heterocycles. The molecule has 0 aliphatic carbocycles. The van der Waals surface area contributed by atoms with Gasteiger partial charge in [0.05, 0.1) is 17.3 Å². The molecule has 1 atom stereocenters. The lowest BCUT2D eigenvalue weighted by atomic mass is 10.0. The number of rotatable bonds is 5. The molecule has 0 aromatic heterocycles. The number of benzene rings is 2. The predicted molar refractivity (Wildman–Crippen MR) is 113 cm³/mol. The zero-order valence-corrected chi connectivity index (χ0v) is 17.5. The Morgan fingerprint density at radius 3 is 2.72 bits per heavy atom. The van der Waals surface area contributed by atoms with Crippen LogP contribution < -0.4 is 10.6 Å². The molecule has 152 valence electrons. The standard InChI is InChI=1S/C22H24N2O4S/c1-13-4-5-16(10-14(13)2)15(3)23-21(26)12-28-22(27)17-6-7-19-18(11-17)24-20(25)8-9-29-19/h4-7,10-11,15H,8-9,12H2,1-3H3,(H,23,26)(H,24,25)/t15-/m1/s1. The summed E-state index contributed by atoms with van der Waals surface area (Å²) in [6.07, 6.45) is 0.429. The third-order valence-electron chi connectivity index (χ3n) is 4.82. The molecule has 0 saturated carbocycles. The Bertz CT molecular complexity index is 958. The normalized spacial score (nSPS) is 14.2. The van der Waals surface area contributed by atoms with Gasteiger partial charge in [0.2, 0.25) is 5.91 Å². The van der Waals surface area contributed by atoms with Crippen molar-refractivity contribution in [2.24, 2.45) is 0 Å². The molecule has 0 fully saturated rings. The third kappa shape index (κ3) is 5.38. The number of anilines is 1. The van der Waals surface area contributed by atoms with Crippen LogP contribution in [0.15, 0.2) is 41.3 Å². The fourth-order valence-electron chi connectivity index (χ4n) is 2.96. The summed E-state index contributed by atoms with van der Waals surface area (Å²) in [5.74, 6) is -0.365. The van der Waals surface area contributed by atoms with Crippen LogP contribution in [0.1, 0.15) is 46.4 Å². The monoisotopic (exact) mass is 412 g/mol. The van der Waals surface area contributed by atoms with Crippen molar-refractivity contribution >= 4 is 35.2 Å². The van der Waals surface area contributed by atoms with Crippen LogP contribution in [0.2, 0.25) is 0 Å². The van der Waals surface area contributed by atoms with Crippen LogP contribution in [0.5, 0.6) is 0 Å². The van der Waals surface area contributed by atoms with Crippen molar-refractivity contribution in [3.63, 3.8) is 0 Å². The SMILES string of the molecule is Cc1ccc([C@@H](C)NC(=O)COC(=O)c2ccc3c(c2)NC(=O)CCS3)cc1C. The van der Waals surface area contributed by atoms with Crippen LogP contribution >= 0.6 is 11.8 Å². The zero-order chi connectivity index (χ0) is 21.0. The highest BCUT2D eigenvalue weighted by Crippen LogP contribution is 2.31. The molecule has 2 aromatic carbocycles. The summed E-state index contributed by atoms with van der Waals surface area (Å²) in [7, 11) is 0.